The van der Waals surface area contributed by atoms with Crippen LogP contribution in [0, 0.1) is 11.8 Å². The van der Waals surface area contributed by atoms with Gasteiger partial charge in [0, 0.05) is 24.6 Å². The van der Waals surface area contributed by atoms with Gasteiger partial charge in [0.05, 0.1) is 4.90 Å². The molecule has 7 nitrogen and oxygen atoms in total. The van der Waals surface area contributed by atoms with E-state index in [4.69, 9.17) is 5.11 Å². The number of carboxylic acids is 1. The lowest BCUT2D eigenvalue weighted by Crippen LogP contribution is -2.43. The maximum Gasteiger partial charge on any atom is 0.328 e. The summed E-state index contributed by atoms with van der Waals surface area (Å²) in [6, 6.07) is 11.4. The minimum Gasteiger partial charge on any atom is -0.478 e. The van der Waals surface area contributed by atoms with Crippen LogP contribution < -0.4 is 10.0 Å². The minimum absolute atomic E-state index is 0.0932. The number of hydrogen-bond acceptors (Lipinski definition) is 4. The van der Waals surface area contributed by atoms with E-state index in [1.807, 2.05) is 31.2 Å². The Bertz CT molecular complexity index is 1050. The summed E-state index contributed by atoms with van der Waals surface area (Å²) < 4.78 is 28.7. The molecule has 154 valence electrons. The summed E-state index contributed by atoms with van der Waals surface area (Å²) in [4.78, 5) is 23.3. The normalized spacial score (nSPS) is 19.3. The van der Waals surface area contributed by atoms with Gasteiger partial charge >= 0.3 is 5.97 Å². The largest absolute Gasteiger partial charge is 0.478 e. The van der Waals surface area contributed by atoms with E-state index in [-0.39, 0.29) is 22.6 Å². The average molecular weight is 416 g/mol. The number of rotatable bonds is 8. The molecule has 0 saturated carbocycles. The molecule has 0 aromatic heterocycles. The lowest BCUT2D eigenvalue weighted by atomic mass is 9.83. The van der Waals surface area contributed by atoms with Crippen LogP contribution in [0.1, 0.15) is 19.8 Å². The molecule has 3 N–H and O–H groups in total. The molecular formula is C21H24N2O5S. The standard InChI is InChI=1S/C21H24N2O5S/c1-2-17(18-11-12-22-21(18)26)19(9-10-20(24)25)23-29(27,28)16-8-7-14-5-3-4-6-15(14)13-16/h3-10,13,17-19,23H,2,11-12H2,1H3,(H,22,26)(H,24,25)/b10-9+/t17?,18-,19-/m0/s1. The van der Waals surface area contributed by atoms with Crippen LogP contribution >= 0.6 is 0 Å². The lowest BCUT2D eigenvalue weighted by molar-refractivity contribution is -0.131. The van der Waals surface area contributed by atoms with Gasteiger partial charge in [-0.2, -0.15) is 0 Å². The van der Waals surface area contributed by atoms with E-state index in [9.17, 15) is 18.0 Å². The molecular weight excluding hydrogens is 392 g/mol. The Hall–Kier alpha value is -2.71. The van der Waals surface area contributed by atoms with E-state index < -0.39 is 22.0 Å². The second-order valence-electron chi connectivity index (χ2n) is 7.11. The first kappa shape index (κ1) is 21.0. The van der Waals surface area contributed by atoms with Gasteiger partial charge in [0.1, 0.15) is 0 Å². The number of benzene rings is 2. The first-order chi connectivity index (χ1) is 13.8. The van der Waals surface area contributed by atoms with Crippen LogP contribution in [-0.2, 0) is 19.6 Å². The van der Waals surface area contributed by atoms with Gasteiger partial charge in [0.25, 0.3) is 0 Å². The Balaban J connectivity index is 1.94. The number of carbonyl (C=O) groups is 2. The number of aliphatic carboxylic acids is 1. The Morgan fingerprint density at radius 2 is 2.00 bits per heavy atom. The fourth-order valence-corrected chi connectivity index (χ4v) is 5.12. The van der Waals surface area contributed by atoms with Crippen molar-refractivity contribution in [2.45, 2.75) is 30.7 Å². The monoisotopic (exact) mass is 416 g/mol. The highest BCUT2D eigenvalue weighted by molar-refractivity contribution is 7.89. The molecule has 1 saturated heterocycles. The van der Waals surface area contributed by atoms with Crippen LogP contribution in [0.3, 0.4) is 0 Å². The molecule has 0 radical (unpaired) electrons. The highest BCUT2D eigenvalue weighted by Crippen LogP contribution is 2.28. The summed E-state index contributed by atoms with van der Waals surface area (Å²) in [5.74, 6) is -2.04. The predicted octanol–water partition coefficient (Wildman–Crippen LogP) is 2.29. The Labute approximate surface area is 169 Å². The number of sulfonamides is 1. The van der Waals surface area contributed by atoms with Crippen LogP contribution in [0.5, 0.6) is 0 Å². The molecule has 3 rings (SSSR count). The van der Waals surface area contributed by atoms with E-state index in [0.717, 1.165) is 16.8 Å². The van der Waals surface area contributed by atoms with Crippen molar-refractivity contribution in [2.75, 3.05) is 6.54 Å². The number of hydrogen-bond donors (Lipinski definition) is 3. The third-order valence-corrected chi connectivity index (χ3v) is 6.77. The van der Waals surface area contributed by atoms with Crippen LogP contribution in [0.4, 0.5) is 0 Å². The van der Waals surface area contributed by atoms with E-state index in [0.29, 0.717) is 19.4 Å². The molecule has 1 aliphatic heterocycles. The van der Waals surface area contributed by atoms with Crippen molar-refractivity contribution in [2.24, 2.45) is 11.8 Å². The zero-order valence-corrected chi connectivity index (χ0v) is 16.9. The first-order valence-corrected chi connectivity index (χ1v) is 11.0. The van der Waals surface area contributed by atoms with Crippen LogP contribution in [0.2, 0.25) is 0 Å². The van der Waals surface area contributed by atoms with E-state index in [1.54, 1.807) is 12.1 Å². The number of fused-ring (bicyclic) bond motifs is 1. The zero-order valence-electron chi connectivity index (χ0n) is 16.0. The van der Waals surface area contributed by atoms with Gasteiger partial charge < -0.3 is 10.4 Å². The third-order valence-electron chi connectivity index (χ3n) is 5.31. The Kier molecular flexibility index (Phi) is 6.34. The molecule has 1 unspecified atom stereocenters. The molecule has 2 aromatic rings. The first-order valence-electron chi connectivity index (χ1n) is 9.52. The predicted molar refractivity (Wildman–Crippen MR) is 110 cm³/mol. The van der Waals surface area contributed by atoms with Gasteiger partial charge in [-0.15, -0.1) is 0 Å². The summed E-state index contributed by atoms with van der Waals surface area (Å²) >= 11 is 0. The maximum absolute atomic E-state index is 13.1. The molecule has 0 aliphatic carbocycles. The highest BCUT2D eigenvalue weighted by Gasteiger charge is 2.36. The molecule has 1 fully saturated rings. The fraction of sp³-hybridized carbons (Fsp3) is 0.333. The molecule has 1 amide bonds. The second kappa shape index (κ2) is 8.75. The van der Waals surface area contributed by atoms with Crippen molar-refractivity contribution >= 4 is 32.7 Å². The second-order valence-corrected chi connectivity index (χ2v) is 8.83. The molecule has 3 atom stereocenters. The van der Waals surface area contributed by atoms with Gasteiger partial charge in [-0.25, -0.2) is 17.9 Å². The smallest absolute Gasteiger partial charge is 0.328 e. The quantitative estimate of drug-likeness (QED) is 0.572. The topological polar surface area (TPSA) is 113 Å². The summed E-state index contributed by atoms with van der Waals surface area (Å²) in [7, 11) is -3.93. The van der Waals surface area contributed by atoms with E-state index >= 15 is 0 Å². The van der Waals surface area contributed by atoms with Crippen LogP contribution in [0.15, 0.2) is 59.5 Å². The summed E-state index contributed by atoms with van der Waals surface area (Å²) in [5, 5.41) is 13.5. The van der Waals surface area contributed by atoms with Crippen LogP contribution in [-0.4, -0.2) is 38.0 Å². The van der Waals surface area contributed by atoms with Gasteiger partial charge in [0.2, 0.25) is 15.9 Å². The number of carboxylic acid groups (broad SMARTS) is 1. The van der Waals surface area contributed by atoms with Gasteiger partial charge in [-0.3, -0.25) is 4.79 Å². The van der Waals surface area contributed by atoms with Crippen molar-refractivity contribution in [3.8, 4) is 0 Å². The molecule has 0 bridgehead atoms. The SMILES string of the molecule is CCC([C@H](/C=C/C(=O)O)NS(=O)(=O)c1ccc2ccccc2c1)[C@@H]1CCNC1=O. The maximum atomic E-state index is 13.1. The third kappa shape index (κ3) is 4.83. The van der Waals surface area contributed by atoms with Gasteiger partial charge in [0.15, 0.2) is 0 Å². The number of amides is 1. The van der Waals surface area contributed by atoms with Gasteiger partial charge in [-0.05, 0) is 35.2 Å². The van der Waals surface area contributed by atoms with E-state index in [2.05, 4.69) is 10.0 Å². The summed E-state index contributed by atoms with van der Waals surface area (Å²) in [6.07, 6.45) is 3.35. The summed E-state index contributed by atoms with van der Waals surface area (Å²) in [5.41, 5.74) is 0. The van der Waals surface area contributed by atoms with Crippen LogP contribution in [0.25, 0.3) is 10.8 Å². The molecule has 2 aromatic carbocycles. The minimum atomic E-state index is -3.93. The van der Waals surface area contributed by atoms with Crippen molar-refractivity contribution in [1.29, 1.82) is 0 Å². The molecule has 1 heterocycles. The molecule has 0 spiro atoms. The Morgan fingerprint density at radius 3 is 2.62 bits per heavy atom. The zero-order chi connectivity index (χ0) is 21.0. The van der Waals surface area contributed by atoms with E-state index in [1.165, 1.54) is 12.1 Å². The average Bonchev–Trinajstić information content (AvgIpc) is 3.11. The molecule has 8 heteroatoms. The van der Waals surface area contributed by atoms with Crippen molar-refractivity contribution < 1.29 is 23.1 Å². The summed E-state index contributed by atoms with van der Waals surface area (Å²) in [6.45, 7) is 2.40. The van der Waals surface area contributed by atoms with Gasteiger partial charge in [-0.1, -0.05) is 49.8 Å². The molecule has 29 heavy (non-hydrogen) atoms. The highest BCUT2D eigenvalue weighted by atomic mass is 32.2. The van der Waals surface area contributed by atoms with Crippen molar-refractivity contribution in [1.82, 2.24) is 10.0 Å². The molecule has 1 aliphatic rings. The Morgan fingerprint density at radius 1 is 1.28 bits per heavy atom. The lowest BCUT2D eigenvalue weighted by Gasteiger charge is -2.28. The number of nitrogens with one attached hydrogen (secondary N) is 2. The fourth-order valence-electron chi connectivity index (χ4n) is 3.85. The van der Waals surface area contributed by atoms with Crippen molar-refractivity contribution in [3.05, 3.63) is 54.6 Å². The van der Waals surface area contributed by atoms with Crippen molar-refractivity contribution in [3.63, 3.8) is 0 Å². The number of carbonyl (C=O) groups excluding carboxylic acids is 1.